The second kappa shape index (κ2) is 3.82. The largest absolute Gasteiger partial charge is 0.387 e. The van der Waals surface area contributed by atoms with E-state index < -0.39 is 12.2 Å². The molecule has 0 radical (unpaired) electrons. The van der Waals surface area contributed by atoms with E-state index in [0.717, 1.165) is 16.5 Å². The van der Waals surface area contributed by atoms with Gasteiger partial charge in [-0.05, 0) is 49.5 Å². The molecule has 4 unspecified atom stereocenters. The molecule has 0 bridgehead atoms. The third-order valence-electron chi connectivity index (χ3n) is 5.51. The van der Waals surface area contributed by atoms with Gasteiger partial charge in [0.25, 0.3) is 0 Å². The van der Waals surface area contributed by atoms with Crippen molar-refractivity contribution in [2.75, 3.05) is 0 Å². The van der Waals surface area contributed by atoms with Crippen molar-refractivity contribution in [3.8, 4) is 0 Å². The number of fused-ring (bicyclic) bond motifs is 4. The van der Waals surface area contributed by atoms with Crippen LogP contribution in [0.1, 0.15) is 23.3 Å². The van der Waals surface area contributed by atoms with Crippen LogP contribution >= 0.6 is 0 Å². The van der Waals surface area contributed by atoms with Crippen LogP contribution in [0.5, 0.6) is 0 Å². The molecule has 1 aliphatic carbocycles. The summed E-state index contributed by atoms with van der Waals surface area (Å²) in [5.41, 5.74) is 1.86. The summed E-state index contributed by atoms with van der Waals surface area (Å²) in [6.45, 7) is 0. The molecular formula is C20H14O3. The van der Waals surface area contributed by atoms with Gasteiger partial charge in [0.15, 0.2) is 0 Å². The molecule has 3 nitrogen and oxygen atoms in total. The van der Waals surface area contributed by atoms with Gasteiger partial charge in [0.1, 0.15) is 24.4 Å². The van der Waals surface area contributed by atoms with Crippen molar-refractivity contribution in [3.63, 3.8) is 0 Å². The summed E-state index contributed by atoms with van der Waals surface area (Å²) >= 11 is 0. The highest BCUT2D eigenvalue weighted by atomic mass is 16.6. The van der Waals surface area contributed by atoms with Crippen LogP contribution in [0.25, 0.3) is 32.3 Å². The maximum atomic E-state index is 10.6. The molecule has 112 valence electrons. The minimum absolute atomic E-state index is 0.0784. The van der Waals surface area contributed by atoms with Crippen LogP contribution in [0.4, 0.5) is 0 Å². The summed E-state index contributed by atoms with van der Waals surface area (Å²) in [6, 6.07) is 16.9. The average Bonchev–Trinajstić information content (AvgIpc) is 3.38. The second-order valence-electron chi connectivity index (χ2n) is 6.69. The maximum Gasteiger partial charge on any atom is 0.118 e. The summed E-state index contributed by atoms with van der Waals surface area (Å²) in [5.74, 6) is 0. The topological polar surface area (TPSA) is 53.0 Å². The molecule has 1 aliphatic heterocycles. The van der Waals surface area contributed by atoms with E-state index in [1.54, 1.807) is 0 Å². The van der Waals surface area contributed by atoms with Gasteiger partial charge in [0.2, 0.25) is 0 Å². The van der Waals surface area contributed by atoms with Crippen molar-refractivity contribution in [2.24, 2.45) is 0 Å². The maximum absolute atomic E-state index is 10.6. The monoisotopic (exact) mass is 302 g/mol. The van der Waals surface area contributed by atoms with Gasteiger partial charge < -0.3 is 14.9 Å². The van der Waals surface area contributed by atoms with Gasteiger partial charge in [0, 0.05) is 0 Å². The average molecular weight is 302 g/mol. The molecule has 1 fully saturated rings. The molecule has 23 heavy (non-hydrogen) atoms. The van der Waals surface area contributed by atoms with Crippen LogP contribution in [0.3, 0.4) is 0 Å². The van der Waals surface area contributed by atoms with Crippen LogP contribution in [-0.2, 0) is 4.74 Å². The molecule has 2 N–H and O–H groups in total. The van der Waals surface area contributed by atoms with Crippen molar-refractivity contribution >= 4 is 32.3 Å². The number of rotatable bonds is 0. The normalized spacial score (nSPS) is 29.1. The first kappa shape index (κ1) is 12.3. The van der Waals surface area contributed by atoms with E-state index in [-0.39, 0.29) is 12.2 Å². The zero-order valence-corrected chi connectivity index (χ0v) is 12.2. The predicted molar refractivity (Wildman–Crippen MR) is 88.7 cm³/mol. The molecule has 1 heterocycles. The van der Waals surface area contributed by atoms with Crippen molar-refractivity contribution in [1.29, 1.82) is 0 Å². The summed E-state index contributed by atoms with van der Waals surface area (Å²) < 4.78 is 5.60. The lowest BCUT2D eigenvalue weighted by Crippen LogP contribution is -2.29. The quantitative estimate of drug-likeness (QED) is 0.386. The SMILES string of the molecule is OC1c2c(cc3ccc4cccc5ccc2c3c45)C2OC2C1O. The zero-order valence-electron chi connectivity index (χ0n) is 12.2. The van der Waals surface area contributed by atoms with E-state index >= 15 is 0 Å². The Morgan fingerprint density at radius 2 is 1.57 bits per heavy atom. The summed E-state index contributed by atoms with van der Waals surface area (Å²) in [5, 5.41) is 27.9. The van der Waals surface area contributed by atoms with Crippen LogP contribution in [0.2, 0.25) is 0 Å². The van der Waals surface area contributed by atoms with E-state index in [2.05, 4.69) is 48.5 Å². The minimum atomic E-state index is -0.890. The Balaban J connectivity index is 1.86. The van der Waals surface area contributed by atoms with E-state index in [4.69, 9.17) is 4.74 Å². The first-order valence-electron chi connectivity index (χ1n) is 7.96. The molecule has 4 aromatic carbocycles. The third kappa shape index (κ3) is 1.36. The Kier molecular flexibility index (Phi) is 2.03. The fourth-order valence-corrected chi connectivity index (χ4v) is 4.40. The van der Waals surface area contributed by atoms with Gasteiger partial charge >= 0.3 is 0 Å². The fraction of sp³-hybridized carbons (Fsp3) is 0.200. The van der Waals surface area contributed by atoms with Gasteiger partial charge in [-0.15, -0.1) is 0 Å². The minimum Gasteiger partial charge on any atom is -0.387 e. The third-order valence-corrected chi connectivity index (χ3v) is 5.51. The first-order valence-corrected chi connectivity index (χ1v) is 7.96. The van der Waals surface area contributed by atoms with Crippen molar-refractivity contribution in [3.05, 3.63) is 59.7 Å². The molecule has 0 amide bonds. The molecule has 0 saturated carbocycles. The molecule has 0 spiro atoms. The first-order chi connectivity index (χ1) is 11.2. The molecule has 4 atom stereocenters. The van der Waals surface area contributed by atoms with Gasteiger partial charge in [-0.2, -0.15) is 0 Å². The number of aliphatic hydroxyl groups is 2. The lowest BCUT2D eigenvalue weighted by Gasteiger charge is -2.26. The predicted octanol–water partition coefficient (Wildman–Crippen LogP) is 3.43. The summed E-state index contributed by atoms with van der Waals surface area (Å²) in [4.78, 5) is 0. The second-order valence-corrected chi connectivity index (χ2v) is 6.69. The van der Waals surface area contributed by atoms with E-state index in [0.29, 0.717) is 0 Å². The Bertz CT molecular complexity index is 1080. The highest BCUT2D eigenvalue weighted by Crippen LogP contribution is 2.53. The molecule has 3 heteroatoms. The molecule has 0 aromatic heterocycles. The van der Waals surface area contributed by atoms with Crippen molar-refractivity contribution < 1.29 is 14.9 Å². The van der Waals surface area contributed by atoms with Crippen LogP contribution < -0.4 is 0 Å². The Morgan fingerprint density at radius 1 is 0.826 bits per heavy atom. The van der Waals surface area contributed by atoms with Crippen molar-refractivity contribution in [1.82, 2.24) is 0 Å². The molecule has 4 aromatic rings. The number of ether oxygens (including phenoxy) is 1. The van der Waals surface area contributed by atoms with Gasteiger partial charge in [-0.25, -0.2) is 0 Å². The zero-order chi connectivity index (χ0) is 15.3. The number of hydrogen-bond acceptors (Lipinski definition) is 3. The van der Waals surface area contributed by atoms with E-state index in [9.17, 15) is 10.2 Å². The lowest BCUT2D eigenvalue weighted by atomic mass is 9.81. The fourth-order valence-electron chi connectivity index (χ4n) is 4.40. The van der Waals surface area contributed by atoms with Gasteiger partial charge in [-0.3, -0.25) is 0 Å². The number of hydrogen-bond donors (Lipinski definition) is 2. The highest BCUT2D eigenvalue weighted by molar-refractivity contribution is 6.23. The molecule has 1 saturated heterocycles. The van der Waals surface area contributed by atoms with Crippen LogP contribution in [0, 0.1) is 0 Å². The number of aliphatic hydroxyl groups excluding tert-OH is 2. The molecular weight excluding hydrogens is 288 g/mol. The molecule has 6 rings (SSSR count). The summed E-state index contributed by atoms with van der Waals surface area (Å²) in [7, 11) is 0. The van der Waals surface area contributed by atoms with Crippen molar-refractivity contribution in [2.45, 2.75) is 24.4 Å². The number of epoxide rings is 1. The van der Waals surface area contributed by atoms with Gasteiger partial charge in [-0.1, -0.05) is 42.5 Å². The number of benzene rings is 4. The standard InChI is InChI=1S/C20H14O3/c21-17-16-12-7-6-10-3-1-2-9-4-5-11(15(12)14(9)10)8-13(16)19-20(23-19)18(17)22/h1-8,17-22H. The van der Waals surface area contributed by atoms with E-state index in [1.807, 2.05) is 0 Å². The Labute approximate surface area is 132 Å². The van der Waals surface area contributed by atoms with Crippen LogP contribution in [-0.4, -0.2) is 22.4 Å². The Morgan fingerprint density at radius 3 is 2.39 bits per heavy atom. The lowest BCUT2D eigenvalue weighted by molar-refractivity contribution is 0.000843. The van der Waals surface area contributed by atoms with E-state index in [1.165, 1.54) is 26.9 Å². The highest BCUT2D eigenvalue weighted by Gasteiger charge is 2.54. The summed E-state index contributed by atoms with van der Waals surface area (Å²) in [6.07, 6.45) is -2.07. The smallest absolute Gasteiger partial charge is 0.118 e. The van der Waals surface area contributed by atoms with Crippen LogP contribution in [0.15, 0.2) is 48.5 Å². The molecule has 2 aliphatic rings. The van der Waals surface area contributed by atoms with Gasteiger partial charge in [0.05, 0.1) is 0 Å². The Hall–Kier alpha value is -2.20.